The molecule has 4 nitrogen and oxygen atoms in total. The Morgan fingerprint density at radius 2 is 2.37 bits per heavy atom. The topological polar surface area (TPSA) is 50.7 Å². The van der Waals surface area contributed by atoms with Crippen molar-refractivity contribution in [3.05, 3.63) is 52.2 Å². The predicted octanol–water partition coefficient (Wildman–Crippen LogP) is 2.59. The number of hydrogen-bond acceptors (Lipinski definition) is 4. The molecule has 1 aromatic heterocycles. The van der Waals surface area contributed by atoms with E-state index in [9.17, 15) is 4.79 Å². The van der Waals surface area contributed by atoms with E-state index in [-0.39, 0.29) is 12.5 Å². The number of thiophene rings is 1. The van der Waals surface area contributed by atoms with Crippen LogP contribution in [-0.4, -0.2) is 18.7 Å². The van der Waals surface area contributed by atoms with Crippen molar-refractivity contribution in [3.63, 3.8) is 0 Å². The lowest BCUT2D eigenvalue weighted by Crippen LogP contribution is -2.24. The largest absolute Gasteiger partial charge is 0.484 e. The average Bonchev–Trinajstić information content (AvgIpc) is 2.90. The highest BCUT2D eigenvalue weighted by atomic mass is 32.1. The number of nitrogens with zero attached hydrogens (tertiary/aromatic N) is 1. The lowest BCUT2D eigenvalue weighted by atomic mass is 10.2. The summed E-state index contributed by atoms with van der Waals surface area (Å²) in [4.78, 5) is 11.5. The first-order valence-electron chi connectivity index (χ1n) is 5.77. The summed E-state index contributed by atoms with van der Waals surface area (Å²) in [6, 6.07) is 9.47. The van der Waals surface area contributed by atoms with Gasteiger partial charge in [0.15, 0.2) is 6.61 Å². The van der Waals surface area contributed by atoms with Gasteiger partial charge in [0.05, 0.1) is 6.21 Å². The third-order valence-electron chi connectivity index (χ3n) is 2.31. The molecule has 0 saturated heterocycles. The molecule has 0 fully saturated rings. The summed E-state index contributed by atoms with van der Waals surface area (Å²) in [6.07, 6.45) is 1.60. The van der Waals surface area contributed by atoms with Gasteiger partial charge in [0.2, 0.25) is 0 Å². The molecule has 1 N–H and O–H groups in total. The maximum Gasteiger partial charge on any atom is 0.277 e. The number of nitrogens with one attached hydrogen (secondary N) is 1. The standard InChI is InChI=1S/C14H14N2O2S/c1-11-3-2-4-13(7-11)18-9-14(17)16-15-8-12-5-6-19-10-12/h2-8,10H,9H2,1H3,(H,16,17)/b15-8+. The van der Waals surface area contributed by atoms with Gasteiger partial charge < -0.3 is 4.74 Å². The molecule has 1 amide bonds. The molecular weight excluding hydrogens is 260 g/mol. The molecule has 0 bridgehead atoms. The van der Waals surface area contributed by atoms with Gasteiger partial charge in [-0.25, -0.2) is 5.43 Å². The molecule has 0 aliphatic rings. The lowest BCUT2D eigenvalue weighted by Gasteiger charge is -2.05. The van der Waals surface area contributed by atoms with Gasteiger partial charge in [0, 0.05) is 5.56 Å². The number of amides is 1. The van der Waals surface area contributed by atoms with Crippen LogP contribution in [0.2, 0.25) is 0 Å². The second-order valence-corrected chi connectivity index (χ2v) is 4.74. The average molecular weight is 274 g/mol. The van der Waals surface area contributed by atoms with Gasteiger partial charge in [-0.3, -0.25) is 4.79 Å². The van der Waals surface area contributed by atoms with Crippen molar-refractivity contribution in [2.24, 2.45) is 5.10 Å². The summed E-state index contributed by atoms with van der Waals surface area (Å²) in [5.74, 6) is 0.393. The first-order valence-corrected chi connectivity index (χ1v) is 6.72. The number of benzene rings is 1. The molecule has 0 atom stereocenters. The predicted molar refractivity (Wildman–Crippen MR) is 76.7 cm³/mol. The Hall–Kier alpha value is -2.14. The summed E-state index contributed by atoms with van der Waals surface area (Å²) >= 11 is 1.58. The molecule has 0 saturated carbocycles. The molecule has 98 valence electrons. The lowest BCUT2D eigenvalue weighted by molar-refractivity contribution is -0.123. The SMILES string of the molecule is Cc1cccc(OCC(=O)N/N=C/c2ccsc2)c1. The van der Waals surface area contributed by atoms with Gasteiger partial charge in [-0.2, -0.15) is 16.4 Å². The molecule has 0 radical (unpaired) electrons. The van der Waals surface area contributed by atoms with E-state index in [2.05, 4.69) is 10.5 Å². The fourth-order valence-electron chi connectivity index (χ4n) is 1.41. The number of ether oxygens (including phenoxy) is 1. The van der Waals surface area contributed by atoms with Crippen LogP contribution in [0.15, 0.2) is 46.2 Å². The third-order valence-corrected chi connectivity index (χ3v) is 3.01. The van der Waals surface area contributed by atoms with E-state index < -0.39 is 0 Å². The molecule has 0 unspecified atom stereocenters. The maximum absolute atomic E-state index is 11.5. The van der Waals surface area contributed by atoms with E-state index in [0.29, 0.717) is 5.75 Å². The third kappa shape index (κ3) is 4.56. The highest BCUT2D eigenvalue weighted by molar-refractivity contribution is 7.08. The molecular formula is C14H14N2O2S. The van der Waals surface area contributed by atoms with E-state index >= 15 is 0 Å². The van der Waals surface area contributed by atoms with Crippen LogP contribution in [0.25, 0.3) is 0 Å². The van der Waals surface area contributed by atoms with Gasteiger partial charge in [-0.1, -0.05) is 12.1 Å². The normalized spacial score (nSPS) is 10.6. The van der Waals surface area contributed by atoms with Crippen LogP contribution < -0.4 is 10.2 Å². The van der Waals surface area contributed by atoms with Crippen molar-refractivity contribution in [2.75, 3.05) is 6.61 Å². The highest BCUT2D eigenvalue weighted by Crippen LogP contribution is 2.11. The molecule has 0 aliphatic carbocycles. The Morgan fingerprint density at radius 3 is 3.11 bits per heavy atom. The molecule has 2 rings (SSSR count). The quantitative estimate of drug-likeness (QED) is 0.673. The summed E-state index contributed by atoms with van der Waals surface area (Å²) in [6.45, 7) is 1.92. The van der Waals surface area contributed by atoms with Crippen LogP contribution in [-0.2, 0) is 4.79 Å². The van der Waals surface area contributed by atoms with Gasteiger partial charge in [-0.15, -0.1) is 0 Å². The van der Waals surface area contributed by atoms with Gasteiger partial charge in [0.25, 0.3) is 5.91 Å². The van der Waals surface area contributed by atoms with Gasteiger partial charge in [0.1, 0.15) is 5.75 Å². The number of hydrogen-bond donors (Lipinski definition) is 1. The monoisotopic (exact) mass is 274 g/mol. The Bertz CT molecular complexity index is 565. The molecule has 0 aliphatic heterocycles. The van der Waals surface area contributed by atoms with Crippen LogP contribution >= 0.6 is 11.3 Å². The second kappa shape index (κ2) is 6.70. The van der Waals surface area contributed by atoms with Crippen molar-refractivity contribution in [2.45, 2.75) is 6.92 Å². The summed E-state index contributed by atoms with van der Waals surface area (Å²) in [5.41, 5.74) is 4.47. The summed E-state index contributed by atoms with van der Waals surface area (Å²) in [5, 5.41) is 7.74. The molecule has 19 heavy (non-hydrogen) atoms. The Morgan fingerprint density at radius 1 is 1.47 bits per heavy atom. The van der Waals surface area contributed by atoms with Crippen LogP contribution in [0.4, 0.5) is 0 Å². The Kier molecular flexibility index (Phi) is 4.69. The molecule has 2 aromatic rings. The minimum absolute atomic E-state index is 0.0512. The van der Waals surface area contributed by atoms with Crippen molar-refractivity contribution in [1.29, 1.82) is 0 Å². The fourth-order valence-corrected chi connectivity index (χ4v) is 2.02. The Balaban J connectivity index is 1.76. The van der Waals surface area contributed by atoms with Crippen molar-refractivity contribution in [3.8, 4) is 5.75 Å². The van der Waals surface area contributed by atoms with Crippen LogP contribution in [0.1, 0.15) is 11.1 Å². The van der Waals surface area contributed by atoms with E-state index in [1.165, 1.54) is 0 Å². The molecule has 1 aromatic carbocycles. The summed E-state index contributed by atoms with van der Waals surface area (Å²) < 4.78 is 5.35. The first-order chi connectivity index (χ1) is 9.24. The van der Waals surface area contributed by atoms with Crippen molar-refractivity contribution >= 4 is 23.5 Å². The number of aryl methyl sites for hydroxylation is 1. The zero-order valence-corrected chi connectivity index (χ0v) is 11.3. The van der Waals surface area contributed by atoms with E-state index in [0.717, 1.165) is 11.1 Å². The van der Waals surface area contributed by atoms with E-state index in [1.54, 1.807) is 17.6 Å². The number of carbonyl (C=O) groups is 1. The van der Waals surface area contributed by atoms with Crippen LogP contribution in [0.5, 0.6) is 5.75 Å². The molecule has 5 heteroatoms. The maximum atomic E-state index is 11.5. The first kappa shape index (κ1) is 13.3. The fraction of sp³-hybridized carbons (Fsp3) is 0.143. The number of carbonyl (C=O) groups excluding carboxylic acids is 1. The van der Waals surface area contributed by atoms with Crippen LogP contribution in [0.3, 0.4) is 0 Å². The minimum atomic E-state index is -0.284. The second-order valence-electron chi connectivity index (χ2n) is 3.96. The van der Waals surface area contributed by atoms with Crippen LogP contribution in [0, 0.1) is 6.92 Å². The number of rotatable bonds is 5. The van der Waals surface area contributed by atoms with Crippen molar-refractivity contribution in [1.82, 2.24) is 5.43 Å². The summed E-state index contributed by atoms with van der Waals surface area (Å²) in [7, 11) is 0. The van der Waals surface area contributed by atoms with Gasteiger partial charge >= 0.3 is 0 Å². The Labute approximate surface area is 115 Å². The van der Waals surface area contributed by atoms with E-state index in [4.69, 9.17) is 4.74 Å². The zero-order chi connectivity index (χ0) is 13.5. The van der Waals surface area contributed by atoms with Gasteiger partial charge in [-0.05, 0) is 41.4 Å². The number of hydrazone groups is 1. The smallest absolute Gasteiger partial charge is 0.277 e. The minimum Gasteiger partial charge on any atom is -0.484 e. The molecule has 0 spiro atoms. The zero-order valence-electron chi connectivity index (χ0n) is 10.5. The highest BCUT2D eigenvalue weighted by Gasteiger charge is 2.01. The van der Waals surface area contributed by atoms with E-state index in [1.807, 2.05) is 48.0 Å². The van der Waals surface area contributed by atoms with Crippen molar-refractivity contribution < 1.29 is 9.53 Å². The molecule has 1 heterocycles.